The number of benzene rings is 2. The number of rotatable bonds is 5. The number of hydrogen-bond donors (Lipinski definition) is 1. The van der Waals surface area contributed by atoms with Crippen LogP contribution in [-0.2, 0) is 4.79 Å². The number of carbonyl (C=O) groups is 2. The molecule has 1 aliphatic rings. The molecule has 0 radical (unpaired) electrons. The fraction of sp³-hybridized carbons (Fsp3) is 0.385. The van der Waals surface area contributed by atoms with E-state index in [1.54, 1.807) is 0 Å². The highest BCUT2D eigenvalue weighted by Crippen LogP contribution is 2.19. The predicted octanol–water partition coefficient (Wildman–Crippen LogP) is 3.66. The molecule has 0 aliphatic carbocycles. The number of nitrogens with one attached hydrogen (secondary N) is 1. The normalized spacial score (nSPS) is 14.4. The molecule has 7 heteroatoms. The number of fused-ring (bicyclic) bond motifs is 1. The van der Waals surface area contributed by atoms with Crippen LogP contribution in [0.4, 0.5) is 0 Å². The minimum atomic E-state index is -0.142. The van der Waals surface area contributed by atoms with Crippen molar-refractivity contribution >= 4 is 22.8 Å². The highest BCUT2D eigenvalue weighted by atomic mass is 16.5. The van der Waals surface area contributed by atoms with Gasteiger partial charge in [-0.05, 0) is 82.0 Å². The quantitative estimate of drug-likeness (QED) is 0.647. The van der Waals surface area contributed by atoms with Crippen LogP contribution in [0.25, 0.3) is 11.0 Å². The Labute approximate surface area is 194 Å². The monoisotopic (exact) mass is 446 g/mol. The van der Waals surface area contributed by atoms with Gasteiger partial charge in [0.2, 0.25) is 0 Å². The van der Waals surface area contributed by atoms with Crippen LogP contribution in [0, 0.1) is 27.7 Å². The highest BCUT2D eigenvalue weighted by Gasteiger charge is 2.25. The summed E-state index contributed by atoms with van der Waals surface area (Å²) in [5.41, 5.74) is 6.22. The van der Waals surface area contributed by atoms with Crippen molar-refractivity contribution in [2.75, 3.05) is 19.7 Å². The van der Waals surface area contributed by atoms with Gasteiger partial charge in [0.25, 0.3) is 11.8 Å². The number of hydrogen-bond acceptors (Lipinski definition) is 5. The third kappa shape index (κ3) is 5.30. The molecule has 33 heavy (non-hydrogen) atoms. The van der Waals surface area contributed by atoms with E-state index in [1.807, 2.05) is 69.0 Å². The van der Waals surface area contributed by atoms with E-state index in [0.29, 0.717) is 37.2 Å². The van der Waals surface area contributed by atoms with Crippen molar-refractivity contribution in [2.45, 2.75) is 46.6 Å². The summed E-state index contributed by atoms with van der Waals surface area (Å²) < 4.78 is 5.63. The Balaban J connectivity index is 1.28. The Hall–Kier alpha value is -3.48. The Morgan fingerprint density at radius 3 is 2.33 bits per heavy atom. The first kappa shape index (κ1) is 22.7. The Kier molecular flexibility index (Phi) is 6.58. The lowest BCUT2D eigenvalue weighted by Gasteiger charge is -2.32. The first-order chi connectivity index (χ1) is 15.8. The van der Waals surface area contributed by atoms with Gasteiger partial charge >= 0.3 is 0 Å². The molecule has 1 aliphatic heterocycles. The van der Waals surface area contributed by atoms with Gasteiger partial charge in [0.1, 0.15) is 5.75 Å². The van der Waals surface area contributed by atoms with Gasteiger partial charge in [-0.15, -0.1) is 0 Å². The zero-order chi connectivity index (χ0) is 23.5. The molecule has 0 saturated carbocycles. The van der Waals surface area contributed by atoms with Crippen molar-refractivity contribution in [1.82, 2.24) is 20.2 Å². The van der Waals surface area contributed by atoms with Crippen molar-refractivity contribution in [2.24, 2.45) is 0 Å². The molecule has 172 valence electrons. The van der Waals surface area contributed by atoms with Crippen LogP contribution < -0.4 is 10.1 Å². The zero-order valence-electron chi connectivity index (χ0n) is 19.6. The first-order valence-corrected chi connectivity index (χ1v) is 11.3. The van der Waals surface area contributed by atoms with Crippen LogP contribution in [0.2, 0.25) is 0 Å². The number of ether oxygens (including phenoxy) is 1. The summed E-state index contributed by atoms with van der Waals surface area (Å²) in [6.07, 6.45) is 1.43. The molecule has 1 N–H and O–H groups in total. The SMILES string of the molecule is Cc1ccc(OCC(=O)NC2CCN(C(=O)c3ccc4nc(C)c(C)nc4c3)CC2)cc1C. The van der Waals surface area contributed by atoms with E-state index in [-0.39, 0.29) is 24.5 Å². The van der Waals surface area contributed by atoms with Gasteiger partial charge in [0, 0.05) is 24.7 Å². The summed E-state index contributed by atoms with van der Waals surface area (Å²) in [5, 5.41) is 3.03. The number of piperidine rings is 1. The standard InChI is InChI=1S/C26H30N4O3/c1-16-5-7-22(13-17(16)2)33-15-25(31)29-21-9-11-30(12-10-21)26(32)20-6-8-23-24(14-20)28-19(4)18(3)27-23/h5-8,13-14,21H,9-12,15H2,1-4H3,(H,29,31). The lowest BCUT2D eigenvalue weighted by atomic mass is 10.0. The number of likely N-dealkylation sites (tertiary alicyclic amines) is 1. The van der Waals surface area contributed by atoms with Gasteiger partial charge in [-0.2, -0.15) is 0 Å². The maximum Gasteiger partial charge on any atom is 0.258 e. The van der Waals surface area contributed by atoms with E-state index < -0.39 is 0 Å². The molecule has 2 heterocycles. The molecular formula is C26H30N4O3. The van der Waals surface area contributed by atoms with Gasteiger partial charge in [0.15, 0.2) is 6.61 Å². The smallest absolute Gasteiger partial charge is 0.258 e. The average molecular weight is 447 g/mol. The van der Waals surface area contributed by atoms with Crippen LogP contribution in [0.3, 0.4) is 0 Å². The fourth-order valence-electron chi connectivity index (χ4n) is 4.00. The molecular weight excluding hydrogens is 416 g/mol. The van der Waals surface area contributed by atoms with Crippen LogP contribution in [0.1, 0.15) is 45.7 Å². The van der Waals surface area contributed by atoms with Gasteiger partial charge in [0.05, 0.1) is 22.4 Å². The Morgan fingerprint density at radius 2 is 1.64 bits per heavy atom. The summed E-state index contributed by atoms with van der Waals surface area (Å²) >= 11 is 0. The first-order valence-electron chi connectivity index (χ1n) is 11.3. The Bertz CT molecular complexity index is 1200. The molecule has 0 spiro atoms. The predicted molar refractivity (Wildman–Crippen MR) is 127 cm³/mol. The molecule has 0 unspecified atom stereocenters. The molecule has 1 aromatic heterocycles. The minimum absolute atomic E-state index is 0.0141. The van der Waals surface area contributed by atoms with Crippen LogP contribution in [0.5, 0.6) is 5.75 Å². The molecule has 7 nitrogen and oxygen atoms in total. The van der Waals surface area contributed by atoms with Gasteiger partial charge in [-0.1, -0.05) is 6.07 Å². The molecule has 2 amide bonds. The number of aromatic nitrogens is 2. The molecule has 2 aromatic carbocycles. The van der Waals surface area contributed by atoms with Crippen LogP contribution >= 0.6 is 0 Å². The maximum atomic E-state index is 13.0. The number of carbonyl (C=O) groups excluding carboxylic acids is 2. The van der Waals surface area contributed by atoms with Crippen molar-refractivity contribution in [3.63, 3.8) is 0 Å². The number of amides is 2. The Morgan fingerprint density at radius 1 is 0.939 bits per heavy atom. The van der Waals surface area contributed by atoms with E-state index in [9.17, 15) is 9.59 Å². The summed E-state index contributed by atoms with van der Waals surface area (Å²) in [4.78, 5) is 36.3. The number of nitrogens with zero attached hydrogens (tertiary/aromatic N) is 3. The second kappa shape index (κ2) is 9.57. The van der Waals surface area contributed by atoms with E-state index in [0.717, 1.165) is 28.0 Å². The lowest BCUT2D eigenvalue weighted by molar-refractivity contribution is -0.124. The van der Waals surface area contributed by atoms with Crippen molar-refractivity contribution in [3.8, 4) is 5.75 Å². The lowest BCUT2D eigenvalue weighted by Crippen LogP contribution is -2.47. The fourth-order valence-corrected chi connectivity index (χ4v) is 4.00. The second-order valence-corrected chi connectivity index (χ2v) is 8.77. The topological polar surface area (TPSA) is 84.4 Å². The summed E-state index contributed by atoms with van der Waals surface area (Å²) in [6.45, 7) is 9.08. The van der Waals surface area contributed by atoms with E-state index in [4.69, 9.17) is 4.74 Å². The summed E-state index contributed by atoms with van der Waals surface area (Å²) in [7, 11) is 0. The zero-order valence-corrected chi connectivity index (χ0v) is 19.6. The molecule has 1 saturated heterocycles. The summed E-state index contributed by atoms with van der Waals surface area (Å²) in [6, 6.07) is 11.3. The molecule has 0 atom stereocenters. The summed E-state index contributed by atoms with van der Waals surface area (Å²) in [5.74, 6) is 0.538. The van der Waals surface area contributed by atoms with Crippen molar-refractivity contribution in [1.29, 1.82) is 0 Å². The van der Waals surface area contributed by atoms with Crippen LogP contribution in [-0.4, -0.2) is 52.4 Å². The highest BCUT2D eigenvalue weighted by molar-refractivity contribution is 5.97. The van der Waals surface area contributed by atoms with E-state index in [1.165, 1.54) is 5.56 Å². The molecule has 3 aromatic rings. The maximum absolute atomic E-state index is 13.0. The minimum Gasteiger partial charge on any atom is -0.484 e. The van der Waals surface area contributed by atoms with Crippen molar-refractivity contribution in [3.05, 3.63) is 64.5 Å². The number of aryl methyl sites for hydroxylation is 4. The average Bonchev–Trinajstić information content (AvgIpc) is 2.80. The van der Waals surface area contributed by atoms with Gasteiger partial charge < -0.3 is 15.0 Å². The largest absolute Gasteiger partial charge is 0.484 e. The van der Waals surface area contributed by atoms with E-state index in [2.05, 4.69) is 15.3 Å². The molecule has 0 bridgehead atoms. The van der Waals surface area contributed by atoms with Crippen molar-refractivity contribution < 1.29 is 14.3 Å². The second-order valence-electron chi connectivity index (χ2n) is 8.77. The third-order valence-corrected chi connectivity index (χ3v) is 6.32. The van der Waals surface area contributed by atoms with Crippen LogP contribution in [0.15, 0.2) is 36.4 Å². The molecule has 4 rings (SSSR count). The molecule has 1 fully saturated rings. The van der Waals surface area contributed by atoms with Gasteiger partial charge in [-0.3, -0.25) is 9.59 Å². The third-order valence-electron chi connectivity index (χ3n) is 6.32. The van der Waals surface area contributed by atoms with Gasteiger partial charge in [-0.25, -0.2) is 9.97 Å². The van der Waals surface area contributed by atoms with E-state index >= 15 is 0 Å².